The molecule has 5 heteroatoms. The largest absolute Gasteiger partial charge is 0.416 e. The van der Waals surface area contributed by atoms with E-state index in [1.807, 2.05) is 31.2 Å². The topological polar surface area (TPSA) is 29.1 Å². The van der Waals surface area contributed by atoms with E-state index < -0.39 is 23.2 Å². The molecule has 0 aromatic heterocycles. The molecule has 3 rings (SSSR count). The molecule has 132 valence electrons. The van der Waals surface area contributed by atoms with E-state index in [1.54, 1.807) is 13.0 Å². The SMILES string of the molecule is Cc1cccc(C2(C(=O)NC(C)c3ccccc3C(F)(F)F)CC2)c1. The third-order valence-corrected chi connectivity index (χ3v) is 4.84. The molecular formula is C20H20F3NO. The van der Waals surface area contributed by atoms with Gasteiger partial charge in [0.05, 0.1) is 17.0 Å². The second-order valence-electron chi connectivity index (χ2n) is 6.73. The molecule has 1 amide bonds. The summed E-state index contributed by atoms with van der Waals surface area (Å²) in [5.74, 6) is -0.206. The lowest BCUT2D eigenvalue weighted by atomic mass is 9.92. The molecule has 1 N–H and O–H groups in total. The van der Waals surface area contributed by atoms with Crippen molar-refractivity contribution in [1.29, 1.82) is 0 Å². The molecule has 2 aromatic rings. The third kappa shape index (κ3) is 3.41. The summed E-state index contributed by atoms with van der Waals surface area (Å²) in [4.78, 5) is 12.8. The number of carbonyl (C=O) groups is 1. The number of aryl methyl sites for hydroxylation is 1. The molecule has 2 nitrogen and oxygen atoms in total. The van der Waals surface area contributed by atoms with Gasteiger partial charge in [-0.2, -0.15) is 13.2 Å². The van der Waals surface area contributed by atoms with Gasteiger partial charge in [0.1, 0.15) is 0 Å². The van der Waals surface area contributed by atoms with Crippen LogP contribution in [-0.2, 0) is 16.4 Å². The van der Waals surface area contributed by atoms with Crippen LogP contribution in [0.4, 0.5) is 13.2 Å². The van der Waals surface area contributed by atoms with E-state index in [1.165, 1.54) is 12.1 Å². The average molecular weight is 347 g/mol. The van der Waals surface area contributed by atoms with E-state index >= 15 is 0 Å². The Morgan fingerprint density at radius 2 is 1.80 bits per heavy atom. The van der Waals surface area contributed by atoms with E-state index in [9.17, 15) is 18.0 Å². The highest BCUT2D eigenvalue weighted by Gasteiger charge is 2.51. The first-order chi connectivity index (χ1) is 11.7. The molecule has 0 spiro atoms. The first-order valence-electron chi connectivity index (χ1n) is 8.28. The van der Waals surface area contributed by atoms with Crippen LogP contribution < -0.4 is 5.32 Å². The fraction of sp³-hybridized carbons (Fsp3) is 0.350. The van der Waals surface area contributed by atoms with Crippen LogP contribution in [0.2, 0.25) is 0 Å². The van der Waals surface area contributed by atoms with Crippen molar-refractivity contribution in [3.8, 4) is 0 Å². The molecule has 25 heavy (non-hydrogen) atoms. The van der Waals surface area contributed by atoms with Gasteiger partial charge in [-0.15, -0.1) is 0 Å². The summed E-state index contributed by atoms with van der Waals surface area (Å²) < 4.78 is 39.6. The predicted molar refractivity (Wildman–Crippen MR) is 90.1 cm³/mol. The molecule has 1 aliphatic carbocycles. The Labute approximate surface area is 145 Å². The van der Waals surface area contributed by atoms with Crippen LogP contribution in [0, 0.1) is 6.92 Å². The van der Waals surface area contributed by atoms with Gasteiger partial charge in [0.15, 0.2) is 0 Å². The van der Waals surface area contributed by atoms with Crippen LogP contribution in [0.3, 0.4) is 0 Å². The molecule has 0 heterocycles. The fourth-order valence-electron chi connectivity index (χ4n) is 3.26. The maximum atomic E-state index is 13.2. The van der Waals surface area contributed by atoms with E-state index in [0.29, 0.717) is 0 Å². The number of nitrogens with one attached hydrogen (secondary N) is 1. The third-order valence-electron chi connectivity index (χ3n) is 4.84. The van der Waals surface area contributed by atoms with E-state index in [0.717, 1.165) is 30.0 Å². The maximum absolute atomic E-state index is 13.2. The maximum Gasteiger partial charge on any atom is 0.416 e. The molecule has 1 aliphatic rings. The summed E-state index contributed by atoms with van der Waals surface area (Å²) in [5, 5.41) is 2.79. The Morgan fingerprint density at radius 3 is 2.40 bits per heavy atom. The van der Waals surface area contributed by atoms with Crippen molar-refractivity contribution in [3.05, 3.63) is 70.8 Å². The van der Waals surface area contributed by atoms with E-state index in [-0.39, 0.29) is 11.5 Å². The standard InChI is InChI=1S/C20H20F3NO/c1-13-6-5-7-15(12-13)19(10-11-19)18(25)24-14(2)16-8-3-4-9-17(16)20(21,22)23/h3-9,12,14H,10-11H2,1-2H3,(H,24,25). The van der Waals surface area contributed by atoms with Gasteiger partial charge in [-0.1, -0.05) is 48.0 Å². The molecule has 1 fully saturated rings. The van der Waals surface area contributed by atoms with Crippen LogP contribution in [0.1, 0.15) is 48.1 Å². The lowest BCUT2D eigenvalue weighted by Crippen LogP contribution is -2.37. The monoisotopic (exact) mass is 347 g/mol. The molecule has 1 saturated carbocycles. The van der Waals surface area contributed by atoms with Gasteiger partial charge in [0.2, 0.25) is 5.91 Å². The zero-order valence-corrected chi connectivity index (χ0v) is 14.2. The summed E-state index contributed by atoms with van der Waals surface area (Å²) in [6.07, 6.45) is -3.00. The zero-order valence-electron chi connectivity index (χ0n) is 14.2. The summed E-state index contributed by atoms with van der Waals surface area (Å²) in [6, 6.07) is 12.4. The molecule has 0 saturated heterocycles. The van der Waals surface area contributed by atoms with Crippen molar-refractivity contribution in [2.75, 3.05) is 0 Å². The molecule has 0 bridgehead atoms. The highest BCUT2D eigenvalue weighted by molar-refractivity contribution is 5.91. The van der Waals surface area contributed by atoms with Gasteiger partial charge in [0, 0.05) is 0 Å². The van der Waals surface area contributed by atoms with Crippen LogP contribution in [-0.4, -0.2) is 5.91 Å². The second-order valence-corrected chi connectivity index (χ2v) is 6.73. The van der Waals surface area contributed by atoms with Gasteiger partial charge in [-0.25, -0.2) is 0 Å². The summed E-state index contributed by atoms with van der Waals surface area (Å²) >= 11 is 0. The van der Waals surface area contributed by atoms with Crippen LogP contribution in [0.15, 0.2) is 48.5 Å². The minimum absolute atomic E-state index is 0.0865. The van der Waals surface area contributed by atoms with Gasteiger partial charge >= 0.3 is 6.18 Å². The Hall–Kier alpha value is -2.30. The zero-order chi connectivity index (χ0) is 18.2. The Bertz CT molecular complexity index is 794. The molecule has 1 atom stereocenters. The summed E-state index contributed by atoms with van der Waals surface area (Å²) in [7, 11) is 0. The fourth-order valence-corrected chi connectivity index (χ4v) is 3.26. The van der Waals surface area contributed by atoms with Gasteiger partial charge in [0.25, 0.3) is 0 Å². The molecule has 1 unspecified atom stereocenters. The predicted octanol–water partition coefficient (Wildman–Crippen LogP) is 4.92. The lowest BCUT2D eigenvalue weighted by molar-refractivity contribution is -0.138. The Morgan fingerprint density at radius 1 is 1.12 bits per heavy atom. The Balaban J connectivity index is 1.83. The smallest absolute Gasteiger partial charge is 0.349 e. The summed E-state index contributed by atoms with van der Waals surface area (Å²) in [6.45, 7) is 3.55. The highest BCUT2D eigenvalue weighted by Crippen LogP contribution is 2.49. The minimum atomic E-state index is -4.44. The molecule has 0 radical (unpaired) electrons. The number of alkyl halides is 3. The van der Waals surface area contributed by atoms with Crippen molar-refractivity contribution in [2.45, 2.75) is 44.3 Å². The number of amides is 1. The number of rotatable bonds is 4. The minimum Gasteiger partial charge on any atom is -0.349 e. The number of carbonyl (C=O) groups excluding carboxylic acids is 1. The number of hydrogen-bond acceptors (Lipinski definition) is 1. The first-order valence-corrected chi connectivity index (χ1v) is 8.28. The van der Waals surface area contributed by atoms with Gasteiger partial charge in [-0.05, 0) is 43.9 Å². The van der Waals surface area contributed by atoms with Crippen molar-refractivity contribution < 1.29 is 18.0 Å². The number of halogens is 3. The quantitative estimate of drug-likeness (QED) is 0.835. The lowest BCUT2D eigenvalue weighted by Gasteiger charge is -2.23. The number of hydrogen-bond donors (Lipinski definition) is 1. The molecule has 0 aliphatic heterocycles. The second kappa shape index (κ2) is 6.21. The van der Waals surface area contributed by atoms with Crippen molar-refractivity contribution in [1.82, 2.24) is 5.32 Å². The van der Waals surface area contributed by atoms with Crippen LogP contribution in [0.25, 0.3) is 0 Å². The van der Waals surface area contributed by atoms with Crippen molar-refractivity contribution in [3.63, 3.8) is 0 Å². The summed E-state index contributed by atoms with van der Waals surface area (Å²) in [5.41, 5.74) is 0.771. The van der Waals surface area contributed by atoms with E-state index in [4.69, 9.17) is 0 Å². The highest BCUT2D eigenvalue weighted by atomic mass is 19.4. The molecular weight excluding hydrogens is 327 g/mol. The Kier molecular flexibility index (Phi) is 4.35. The van der Waals surface area contributed by atoms with Crippen LogP contribution in [0.5, 0.6) is 0 Å². The van der Waals surface area contributed by atoms with Crippen molar-refractivity contribution in [2.24, 2.45) is 0 Å². The van der Waals surface area contributed by atoms with E-state index in [2.05, 4.69) is 5.32 Å². The average Bonchev–Trinajstić information content (AvgIpc) is 3.36. The normalized spacial score (nSPS) is 17.0. The van der Waals surface area contributed by atoms with Crippen LogP contribution >= 0.6 is 0 Å². The van der Waals surface area contributed by atoms with Crippen molar-refractivity contribution >= 4 is 5.91 Å². The van der Waals surface area contributed by atoms with Gasteiger partial charge < -0.3 is 5.32 Å². The molecule has 2 aromatic carbocycles. The first kappa shape index (κ1) is 17.5. The number of benzene rings is 2. The van der Waals surface area contributed by atoms with Gasteiger partial charge in [-0.3, -0.25) is 4.79 Å².